The Morgan fingerprint density at radius 3 is 2.21 bits per heavy atom. The summed E-state index contributed by atoms with van der Waals surface area (Å²) in [5.74, 6) is 1.39. The van der Waals surface area contributed by atoms with E-state index in [-0.39, 0.29) is 18.2 Å². The smallest absolute Gasteiger partial charge is 0.223 e. The molecule has 0 atom stereocenters. The van der Waals surface area contributed by atoms with Crippen LogP contribution in [0.3, 0.4) is 0 Å². The minimum Gasteiger partial charge on any atom is -0.497 e. The minimum atomic E-state index is -0.102. The molecule has 6 heteroatoms. The predicted molar refractivity (Wildman–Crippen MR) is 110 cm³/mol. The van der Waals surface area contributed by atoms with Gasteiger partial charge in [0.1, 0.15) is 11.5 Å². The van der Waals surface area contributed by atoms with Crippen molar-refractivity contribution in [3.05, 3.63) is 54.1 Å². The molecule has 0 aliphatic carbocycles. The molecule has 0 fully saturated rings. The fraction of sp³-hybridized carbons (Fsp3) is 0.364. The van der Waals surface area contributed by atoms with Crippen molar-refractivity contribution in [3.63, 3.8) is 0 Å². The van der Waals surface area contributed by atoms with Gasteiger partial charge in [0.25, 0.3) is 0 Å². The van der Waals surface area contributed by atoms with Gasteiger partial charge < -0.3 is 19.7 Å². The van der Waals surface area contributed by atoms with Crippen LogP contribution in [0.1, 0.15) is 25.8 Å². The summed E-state index contributed by atoms with van der Waals surface area (Å²) in [6, 6.07) is 15.1. The summed E-state index contributed by atoms with van der Waals surface area (Å²) in [5.41, 5.74) is 1.88. The number of methoxy groups -OCH3 is 1. The van der Waals surface area contributed by atoms with Crippen LogP contribution in [0.2, 0.25) is 0 Å². The predicted octanol–water partition coefficient (Wildman–Crippen LogP) is 3.20. The third-order valence-electron chi connectivity index (χ3n) is 4.30. The van der Waals surface area contributed by atoms with E-state index in [1.54, 1.807) is 12.0 Å². The summed E-state index contributed by atoms with van der Waals surface area (Å²) in [6.45, 7) is 4.89. The van der Waals surface area contributed by atoms with Crippen LogP contribution >= 0.6 is 0 Å². The summed E-state index contributed by atoms with van der Waals surface area (Å²) in [7, 11) is 1.63. The van der Waals surface area contributed by atoms with E-state index >= 15 is 0 Å². The molecule has 0 heterocycles. The number of anilines is 1. The maximum absolute atomic E-state index is 12.1. The highest BCUT2D eigenvalue weighted by Crippen LogP contribution is 2.20. The van der Waals surface area contributed by atoms with Gasteiger partial charge in [0, 0.05) is 32.1 Å². The molecule has 28 heavy (non-hydrogen) atoms. The number of amides is 2. The summed E-state index contributed by atoms with van der Waals surface area (Å²) >= 11 is 0. The molecule has 2 rings (SSSR count). The van der Waals surface area contributed by atoms with E-state index in [0.29, 0.717) is 19.7 Å². The molecule has 0 bridgehead atoms. The van der Waals surface area contributed by atoms with Gasteiger partial charge in [-0.15, -0.1) is 0 Å². The lowest BCUT2D eigenvalue weighted by Crippen LogP contribution is -2.34. The third kappa shape index (κ3) is 6.61. The van der Waals surface area contributed by atoms with E-state index in [2.05, 4.69) is 5.32 Å². The highest BCUT2D eigenvalue weighted by atomic mass is 16.5. The molecular formula is C22H28N2O4. The molecule has 0 spiro atoms. The molecule has 0 radical (unpaired) electrons. The third-order valence-corrected chi connectivity index (χ3v) is 4.30. The average Bonchev–Trinajstić information content (AvgIpc) is 2.70. The Kier molecular flexibility index (Phi) is 8.34. The van der Waals surface area contributed by atoms with Gasteiger partial charge in [0.05, 0.1) is 13.7 Å². The molecule has 6 nitrogen and oxygen atoms in total. The first-order valence-electron chi connectivity index (χ1n) is 9.44. The van der Waals surface area contributed by atoms with E-state index in [1.165, 1.54) is 6.92 Å². The molecule has 2 amide bonds. The van der Waals surface area contributed by atoms with Crippen LogP contribution in [0.4, 0.5) is 5.69 Å². The molecular weight excluding hydrogens is 356 g/mol. The van der Waals surface area contributed by atoms with Gasteiger partial charge >= 0.3 is 0 Å². The summed E-state index contributed by atoms with van der Waals surface area (Å²) in [5, 5.41) is 2.90. The first-order valence-corrected chi connectivity index (χ1v) is 9.44. The van der Waals surface area contributed by atoms with Crippen LogP contribution in [0, 0.1) is 0 Å². The zero-order valence-corrected chi connectivity index (χ0v) is 16.7. The van der Waals surface area contributed by atoms with E-state index < -0.39 is 0 Å². The Bertz CT molecular complexity index is 757. The number of carbonyl (C=O) groups is 2. The van der Waals surface area contributed by atoms with Crippen LogP contribution in [0.5, 0.6) is 11.5 Å². The Hall–Kier alpha value is -3.02. The van der Waals surface area contributed by atoms with Crippen LogP contribution < -0.4 is 19.7 Å². The standard InChI is InChI=1S/C22H28N2O4/c1-4-28-21-11-7-19(8-12-21)24(17(2)25)16-14-22(26)23-15-13-18-5-9-20(27-3)10-6-18/h5-12H,4,13-16H2,1-3H3,(H,23,26). The fourth-order valence-electron chi connectivity index (χ4n) is 2.80. The van der Waals surface area contributed by atoms with Gasteiger partial charge in [-0.05, 0) is 55.3 Å². The lowest BCUT2D eigenvalue weighted by atomic mass is 10.1. The average molecular weight is 384 g/mol. The van der Waals surface area contributed by atoms with E-state index in [9.17, 15) is 9.59 Å². The van der Waals surface area contributed by atoms with Crippen molar-refractivity contribution in [1.82, 2.24) is 5.32 Å². The second kappa shape index (κ2) is 11.0. The Morgan fingerprint density at radius 1 is 1.00 bits per heavy atom. The molecule has 0 aliphatic rings. The molecule has 0 aromatic heterocycles. The normalized spacial score (nSPS) is 10.2. The molecule has 2 aromatic carbocycles. The lowest BCUT2D eigenvalue weighted by molar-refractivity contribution is -0.121. The van der Waals surface area contributed by atoms with Crippen molar-refractivity contribution < 1.29 is 19.1 Å². The minimum absolute atomic E-state index is 0.0781. The lowest BCUT2D eigenvalue weighted by Gasteiger charge is -2.21. The van der Waals surface area contributed by atoms with Gasteiger partial charge in [-0.2, -0.15) is 0 Å². The number of ether oxygens (including phenoxy) is 2. The van der Waals surface area contributed by atoms with Crippen LogP contribution in [-0.2, 0) is 16.0 Å². The first kappa shape index (κ1) is 21.3. The zero-order chi connectivity index (χ0) is 20.4. The van der Waals surface area contributed by atoms with Crippen molar-refractivity contribution in [2.75, 3.05) is 31.7 Å². The second-order valence-electron chi connectivity index (χ2n) is 6.30. The summed E-state index contributed by atoms with van der Waals surface area (Å²) in [6.07, 6.45) is 0.987. The molecule has 150 valence electrons. The molecule has 0 unspecified atom stereocenters. The second-order valence-corrected chi connectivity index (χ2v) is 6.30. The van der Waals surface area contributed by atoms with Crippen molar-refractivity contribution in [3.8, 4) is 11.5 Å². The van der Waals surface area contributed by atoms with E-state index in [1.807, 2.05) is 55.5 Å². The number of nitrogens with one attached hydrogen (secondary N) is 1. The molecule has 2 aromatic rings. The summed E-state index contributed by atoms with van der Waals surface area (Å²) in [4.78, 5) is 25.7. The quantitative estimate of drug-likeness (QED) is 0.683. The van der Waals surface area contributed by atoms with Gasteiger partial charge in [-0.3, -0.25) is 9.59 Å². The highest BCUT2D eigenvalue weighted by Gasteiger charge is 2.13. The largest absolute Gasteiger partial charge is 0.497 e. The molecule has 1 N–H and O–H groups in total. The first-order chi connectivity index (χ1) is 13.5. The summed E-state index contributed by atoms with van der Waals surface area (Å²) < 4.78 is 10.6. The number of benzene rings is 2. The SMILES string of the molecule is CCOc1ccc(N(CCC(=O)NCCc2ccc(OC)cc2)C(C)=O)cc1. The number of hydrogen-bond donors (Lipinski definition) is 1. The molecule has 0 aliphatic heterocycles. The number of hydrogen-bond acceptors (Lipinski definition) is 4. The Morgan fingerprint density at radius 2 is 1.64 bits per heavy atom. The van der Waals surface area contributed by atoms with Crippen molar-refractivity contribution in [1.29, 1.82) is 0 Å². The van der Waals surface area contributed by atoms with Gasteiger partial charge in [-0.1, -0.05) is 12.1 Å². The number of rotatable bonds is 10. The zero-order valence-electron chi connectivity index (χ0n) is 16.7. The number of carbonyl (C=O) groups excluding carboxylic acids is 2. The number of nitrogens with zero attached hydrogens (tertiary/aromatic N) is 1. The van der Waals surface area contributed by atoms with Gasteiger partial charge in [0.2, 0.25) is 11.8 Å². The highest BCUT2D eigenvalue weighted by molar-refractivity contribution is 5.92. The van der Waals surface area contributed by atoms with Crippen molar-refractivity contribution in [2.45, 2.75) is 26.7 Å². The van der Waals surface area contributed by atoms with Gasteiger partial charge in [-0.25, -0.2) is 0 Å². The molecule has 0 saturated carbocycles. The topological polar surface area (TPSA) is 67.9 Å². The van der Waals surface area contributed by atoms with Crippen molar-refractivity contribution >= 4 is 17.5 Å². The molecule has 0 saturated heterocycles. The van der Waals surface area contributed by atoms with E-state index in [0.717, 1.165) is 29.2 Å². The van der Waals surface area contributed by atoms with Crippen LogP contribution in [0.25, 0.3) is 0 Å². The van der Waals surface area contributed by atoms with Gasteiger partial charge in [0.15, 0.2) is 0 Å². The monoisotopic (exact) mass is 384 g/mol. The maximum Gasteiger partial charge on any atom is 0.223 e. The van der Waals surface area contributed by atoms with Crippen molar-refractivity contribution in [2.24, 2.45) is 0 Å². The maximum atomic E-state index is 12.1. The Balaban J connectivity index is 1.80. The van der Waals surface area contributed by atoms with Crippen LogP contribution in [-0.4, -0.2) is 38.6 Å². The van der Waals surface area contributed by atoms with E-state index in [4.69, 9.17) is 9.47 Å². The fourth-order valence-corrected chi connectivity index (χ4v) is 2.80. The van der Waals surface area contributed by atoms with Crippen LogP contribution in [0.15, 0.2) is 48.5 Å². The Labute approximate surface area is 166 Å².